The first-order valence-corrected chi connectivity index (χ1v) is 5.53. The second-order valence-corrected chi connectivity index (χ2v) is 4.03. The molecule has 1 aliphatic rings. The van der Waals surface area contributed by atoms with Crippen LogP contribution in [0.25, 0.3) is 0 Å². The number of hydrogen-bond donors (Lipinski definition) is 1. The van der Waals surface area contributed by atoms with Crippen LogP contribution in [0, 0.1) is 10.1 Å². The molecule has 1 saturated heterocycles. The zero-order valence-corrected chi connectivity index (χ0v) is 9.00. The van der Waals surface area contributed by atoms with Gasteiger partial charge in [-0.15, -0.1) is 0 Å². The number of nitrogens with zero attached hydrogens (tertiary/aromatic N) is 4. The third-order valence-electron chi connectivity index (χ3n) is 2.83. The van der Waals surface area contributed by atoms with E-state index in [1.54, 1.807) is 0 Å². The maximum absolute atomic E-state index is 10.4. The number of rotatable bonds is 4. The van der Waals surface area contributed by atoms with Crippen molar-refractivity contribution in [3.63, 3.8) is 0 Å². The molecule has 1 aliphatic heterocycles. The van der Waals surface area contributed by atoms with E-state index in [4.69, 9.17) is 0 Å². The Morgan fingerprint density at radius 3 is 3.12 bits per heavy atom. The van der Waals surface area contributed by atoms with E-state index in [9.17, 15) is 10.1 Å². The van der Waals surface area contributed by atoms with Crippen molar-refractivity contribution < 1.29 is 4.92 Å². The van der Waals surface area contributed by atoms with Crippen molar-refractivity contribution in [2.75, 3.05) is 6.54 Å². The van der Waals surface area contributed by atoms with Gasteiger partial charge in [0.05, 0.1) is 5.21 Å². The maximum atomic E-state index is 10.4. The van der Waals surface area contributed by atoms with Gasteiger partial charge >= 0.3 is 5.82 Å². The SMILES string of the molecule is O=[N+]([O-])c1cn(CCC2CCCCN2)nn1. The number of piperidine rings is 1. The normalized spacial score (nSPS) is 20.9. The van der Waals surface area contributed by atoms with E-state index in [-0.39, 0.29) is 5.82 Å². The smallest absolute Gasteiger partial charge is 0.358 e. The fraction of sp³-hybridized carbons (Fsp3) is 0.778. The van der Waals surface area contributed by atoms with Crippen LogP contribution in [0.3, 0.4) is 0 Å². The van der Waals surface area contributed by atoms with Crippen molar-refractivity contribution in [1.82, 2.24) is 20.3 Å². The summed E-state index contributed by atoms with van der Waals surface area (Å²) >= 11 is 0. The van der Waals surface area contributed by atoms with Gasteiger partial charge in [0.25, 0.3) is 0 Å². The summed E-state index contributed by atoms with van der Waals surface area (Å²) in [5.74, 6) is -0.184. The molecule has 2 heterocycles. The quantitative estimate of drug-likeness (QED) is 0.602. The Kier molecular flexibility index (Phi) is 3.45. The molecule has 7 nitrogen and oxygen atoms in total. The van der Waals surface area contributed by atoms with Crippen molar-refractivity contribution in [3.8, 4) is 0 Å². The van der Waals surface area contributed by atoms with Crippen LogP contribution in [0.15, 0.2) is 6.20 Å². The zero-order valence-electron chi connectivity index (χ0n) is 9.00. The third kappa shape index (κ3) is 2.75. The predicted molar refractivity (Wildman–Crippen MR) is 56.9 cm³/mol. The Morgan fingerprint density at radius 2 is 2.50 bits per heavy atom. The van der Waals surface area contributed by atoms with Gasteiger partial charge in [0, 0.05) is 12.6 Å². The molecule has 1 aromatic heterocycles. The van der Waals surface area contributed by atoms with Crippen molar-refractivity contribution in [3.05, 3.63) is 16.3 Å². The molecule has 1 aromatic rings. The highest BCUT2D eigenvalue weighted by atomic mass is 16.6. The maximum Gasteiger partial charge on any atom is 0.410 e. The van der Waals surface area contributed by atoms with E-state index in [0.29, 0.717) is 12.6 Å². The number of hydrogen-bond acceptors (Lipinski definition) is 5. The lowest BCUT2D eigenvalue weighted by Crippen LogP contribution is -2.34. The fourth-order valence-corrected chi connectivity index (χ4v) is 1.94. The van der Waals surface area contributed by atoms with E-state index >= 15 is 0 Å². The topological polar surface area (TPSA) is 85.9 Å². The highest BCUT2D eigenvalue weighted by Gasteiger charge is 2.15. The molecular weight excluding hydrogens is 210 g/mol. The summed E-state index contributed by atoms with van der Waals surface area (Å²) in [6.45, 7) is 1.75. The predicted octanol–water partition coefficient (Wildman–Crippen LogP) is 0.718. The van der Waals surface area contributed by atoms with Crippen LogP contribution in [0.1, 0.15) is 25.7 Å². The van der Waals surface area contributed by atoms with Gasteiger partial charge in [-0.1, -0.05) is 6.42 Å². The van der Waals surface area contributed by atoms with Gasteiger partial charge in [0.2, 0.25) is 0 Å². The first-order valence-electron chi connectivity index (χ1n) is 5.53. The third-order valence-corrected chi connectivity index (χ3v) is 2.83. The minimum Gasteiger partial charge on any atom is -0.358 e. The summed E-state index contributed by atoms with van der Waals surface area (Å²) in [4.78, 5) is 9.87. The van der Waals surface area contributed by atoms with Crippen LogP contribution in [0.2, 0.25) is 0 Å². The number of nitrogens with one attached hydrogen (secondary N) is 1. The van der Waals surface area contributed by atoms with E-state index in [1.807, 2.05) is 0 Å². The summed E-state index contributed by atoms with van der Waals surface area (Å²) in [7, 11) is 0. The summed E-state index contributed by atoms with van der Waals surface area (Å²) in [6.07, 6.45) is 6.00. The lowest BCUT2D eigenvalue weighted by molar-refractivity contribution is -0.389. The van der Waals surface area contributed by atoms with Gasteiger partial charge in [0.15, 0.2) is 0 Å². The molecule has 0 radical (unpaired) electrons. The van der Waals surface area contributed by atoms with E-state index in [2.05, 4.69) is 15.6 Å². The molecule has 0 saturated carbocycles. The summed E-state index contributed by atoms with van der Waals surface area (Å²) in [5.41, 5.74) is 0. The van der Waals surface area contributed by atoms with Gasteiger partial charge in [0.1, 0.15) is 11.3 Å². The molecule has 0 aliphatic carbocycles. The first kappa shape index (κ1) is 11.0. The van der Waals surface area contributed by atoms with Crippen LogP contribution in [-0.4, -0.2) is 32.5 Å². The highest BCUT2D eigenvalue weighted by molar-refractivity contribution is 5.08. The highest BCUT2D eigenvalue weighted by Crippen LogP contribution is 2.11. The van der Waals surface area contributed by atoms with Crippen LogP contribution < -0.4 is 5.32 Å². The lowest BCUT2D eigenvalue weighted by Gasteiger charge is -2.22. The molecule has 2 rings (SSSR count). The Hall–Kier alpha value is -1.50. The number of nitro groups is 1. The summed E-state index contributed by atoms with van der Waals surface area (Å²) in [6, 6.07) is 0.511. The van der Waals surface area contributed by atoms with Gasteiger partial charge in [-0.25, -0.2) is 4.68 Å². The molecule has 16 heavy (non-hydrogen) atoms. The first-order chi connectivity index (χ1) is 7.75. The lowest BCUT2D eigenvalue weighted by atomic mass is 10.0. The molecular formula is C9H15N5O2. The van der Waals surface area contributed by atoms with Gasteiger partial charge < -0.3 is 15.4 Å². The number of aromatic nitrogens is 3. The molecule has 0 spiro atoms. The summed E-state index contributed by atoms with van der Waals surface area (Å²) in [5, 5.41) is 21.0. The van der Waals surface area contributed by atoms with Crippen molar-refractivity contribution in [1.29, 1.82) is 0 Å². The van der Waals surface area contributed by atoms with Crippen molar-refractivity contribution in [2.45, 2.75) is 38.3 Å². The molecule has 1 unspecified atom stereocenters. The molecule has 7 heteroatoms. The zero-order chi connectivity index (χ0) is 11.4. The van der Waals surface area contributed by atoms with Crippen LogP contribution in [-0.2, 0) is 6.54 Å². The molecule has 1 fully saturated rings. The average Bonchev–Trinajstić information content (AvgIpc) is 2.76. The summed E-state index contributed by atoms with van der Waals surface area (Å²) < 4.78 is 1.54. The Morgan fingerprint density at radius 1 is 1.62 bits per heavy atom. The average molecular weight is 225 g/mol. The van der Waals surface area contributed by atoms with Gasteiger partial charge in [-0.3, -0.25) is 0 Å². The van der Waals surface area contributed by atoms with Crippen molar-refractivity contribution >= 4 is 5.82 Å². The molecule has 0 amide bonds. The fourth-order valence-electron chi connectivity index (χ4n) is 1.94. The minimum atomic E-state index is -0.525. The second-order valence-electron chi connectivity index (χ2n) is 4.03. The minimum absolute atomic E-state index is 0.184. The standard InChI is InChI=1S/C9H15N5O2/c15-14(16)9-7-13(12-11-9)6-4-8-3-1-2-5-10-8/h7-8,10H,1-6H2. The van der Waals surface area contributed by atoms with Crippen LogP contribution in [0.5, 0.6) is 0 Å². The Bertz CT molecular complexity index is 359. The Balaban J connectivity index is 1.81. The van der Waals surface area contributed by atoms with Crippen molar-refractivity contribution in [2.24, 2.45) is 0 Å². The van der Waals surface area contributed by atoms with Gasteiger partial charge in [-0.05, 0) is 30.7 Å². The molecule has 1 N–H and O–H groups in total. The Labute approximate surface area is 93.0 Å². The second kappa shape index (κ2) is 5.02. The van der Waals surface area contributed by atoms with Crippen LogP contribution in [0.4, 0.5) is 5.82 Å². The van der Waals surface area contributed by atoms with E-state index in [0.717, 1.165) is 13.0 Å². The van der Waals surface area contributed by atoms with E-state index < -0.39 is 4.92 Å². The van der Waals surface area contributed by atoms with Crippen LogP contribution >= 0.6 is 0 Å². The molecule has 0 aromatic carbocycles. The molecule has 88 valence electrons. The molecule has 0 bridgehead atoms. The number of aryl methyl sites for hydroxylation is 1. The largest absolute Gasteiger partial charge is 0.410 e. The molecule has 1 atom stereocenters. The van der Waals surface area contributed by atoms with Gasteiger partial charge in [-0.2, -0.15) is 0 Å². The van der Waals surface area contributed by atoms with E-state index in [1.165, 1.54) is 30.1 Å². The monoisotopic (exact) mass is 225 g/mol.